The fourth-order valence-electron chi connectivity index (χ4n) is 3.34. The van der Waals surface area contributed by atoms with Crippen LogP contribution in [0, 0.1) is 19.7 Å². The Morgan fingerprint density at radius 1 is 1.18 bits per heavy atom. The highest BCUT2D eigenvalue weighted by molar-refractivity contribution is 7.99. The molecule has 0 N–H and O–H groups in total. The predicted octanol–water partition coefficient (Wildman–Crippen LogP) is 4.28. The van der Waals surface area contributed by atoms with Crippen molar-refractivity contribution in [2.24, 2.45) is 0 Å². The number of aryl methyl sites for hydroxylation is 3. The van der Waals surface area contributed by atoms with Crippen LogP contribution in [-0.2, 0) is 19.4 Å². The van der Waals surface area contributed by atoms with Crippen LogP contribution < -0.4 is 0 Å². The SMILES string of the molecule is Cc1nc(CCc2c(-c3ccc(F)cn3)noc2C)sc1CN1CCSCC1. The number of hydrogen-bond acceptors (Lipinski definition) is 7. The highest BCUT2D eigenvalue weighted by Gasteiger charge is 2.18. The van der Waals surface area contributed by atoms with E-state index in [9.17, 15) is 4.39 Å². The zero-order chi connectivity index (χ0) is 19.5. The van der Waals surface area contributed by atoms with E-state index in [1.165, 1.54) is 28.6 Å². The van der Waals surface area contributed by atoms with Gasteiger partial charge in [0.25, 0.3) is 0 Å². The lowest BCUT2D eigenvalue weighted by atomic mass is 10.1. The van der Waals surface area contributed by atoms with Crippen LogP contribution in [0.3, 0.4) is 0 Å². The summed E-state index contributed by atoms with van der Waals surface area (Å²) < 4.78 is 18.6. The van der Waals surface area contributed by atoms with Crippen molar-refractivity contribution in [3.63, 3.8) is 0 Å². The van der Waals surface area contributed by atoms with Crippen LogP contribution in [0.5, 0.6) is 0 Å². The molecule has 0 spiro atoms. The lowest BCUT2D eigenvalue weighted by Crippen LogP contribution is -2.31. The average molecular weight is 419 g/mol. The van der Waals surface area contributed by atoms with E-state index in [2.05, 4.69) is 22.0 Å². The third-order valence-electron chi connectivity index (χ3n) is 4.95. The predicted molar refractivity (Wildman–Crippen MR) is 111 cm³/mol. The first kappa shape index (κ1) is 19.5. The number of thiazole rings is 1. The second-order valence-electron chi connectivity index (χ2n) is 6.93. The molecule has 1 aliphatic rings. The number of nitrogens with zero attached hydrogens (tertiary/aromatic N) is 4. The maximum absolute atomic E-state index is 13.2. The molecule has 4 heterocycles. The number of pyridine rings is 1. The van der Waals surface area contributed by atoms with Crippen LogP contribution in [0.15, 0.2) is 22.9 Å². The summed E-state index contributed by atoms with van der Waals surface area (Å²) in [5.74, 6) is 2.86. The van der Waals surface area contributed by atoms with Crippen molar-refractivity contribution in [2.45, 2.75) is 33.2 Å². The Morgan fingerprint density at radius 3 is 2.75 bits per heavy atom. The van der Waals surface area contributed by atoms with E-state index in [1.807, 2.05) is 30.0 Å². The summed E-state index contributed by atoms with van der Waals surface area (Å²) >= 11 is 3.84. The molecule has 8 heteroatoms. The van der Waals surface area contributed by atoms with Gasteiger partial charge in [-0.2, -0.15) is 11.8 Å². The van der Waals surface area contributed by atoms with Crippen molar-refractivity contribution in [1.82, 2.24) is 20.0 Å². The van der Waals surface area contributed by atoms with E-state index < -0.39 is 0 Å². The lowest BCUT2D eigenvalue weighted by molar-refractivity contribution is 0.296. The number of hydrogen-bond donors (Lipinski definition) is 0. The molecule has 3 aromatic rings. The summed E-state index contributed by atoms with van der Waals surface area (Å²) in [6.07, 6.45) is 2.81. The van der Waals surface area contributed by atoms with Crippen molar-refractivity contribution in [1.29, 1.82) is 0 Å². The lowest BCUT2D eigenvalue weighted by Gasteiger charge is -2.25. The maximum Gasteiger partial charge on any atom is 0.141 e. The van der Waals surface area contributed by atoms with Gasteiger partial charge in [0, 0.05) is 48.0 Å². The normalized spacial score (nSPS) is 15.2. The Labute approximate surface area is 172 Å². The minimum atomic E-state index is -0.358. The monoisotopic (exact) mass is 418 g/mol. The van der Waals surface area contributed by atoms with Gasteiger partial charge in [0.15, 0.2) is 0 Å². The van der Waals surface area contributed by atoms with Gasteiger partial charge in [0.1, 0.15) is 17.3 Å². The Kier molecular flexibility index (Phi) is 6.08. The topological polar surface area (TPSA) is 55.1 Å². The van der Waals surface area contributed by atoms with E-state index in [4.69, 9.17) is 9.51 Å². The Morgan fingerprint density at radius 2 is 2.00 bits per heavy atom. The van der Waals surface area contributed by atoms with Crippen LogP contribution in [0.1, 0.15) is 26.9 Å². The maximum atomic E-state index is 13.2. The molecule has 0 amide bonds. The molecule has 0 bridgehead atoms. The first-order valence-corrected chi connectivity index (χ1v) is 11.4. The molecule has 0 aliphatic carbocycles. The second kappa shape index (κ2) is 8.71. The molecule has 1 fully saturated rings. The van der Waals surface area contributed by atoms with Crippen LogP contribution in [0.2, 0.25) is 0 Å². The Balaban J connectivity index is 1.46. The van der Waals surface area contributed by atoms with Gasteiger partial charge in [-0.05, 0) is 32.4 Å². The van der Waals surface area contributed by atoms with E-state index in [1.54, 1.807) is 6.07 Å². The van der Waals surface area contributed by atoms with Crippen LogP contribution in [0.25, 0.3) is 11.4 Å². The molecule has 4 rings (SSSR count). The summed E-state index contributed by atoms with van der Waals surface area (Å²) in [5, 5.41) is 5.28. The molecule has 3 aromatic heterocycles. The molecule has 0 aromatic carbocycles. The van der Waals surface area contributed by atoms with Gasteiger partial charge in [0.2, 0.25) is 0 Å². The fourth-order valence-corrected chi connectivity index (χ4v) is 5.43. The molecule has 148 valence electrons. The molecule has 1 aliphatic heterocycles. The van der Waals surface area contributed by atoms with Crippen LogP contribution >= 0.6 is 23.1 Å². The van der Waals surface area contributed by atoms with Crippen molar-refractivity contribution < 1.29 is 8.91 Å². The first-order chi connectivity index (χ1) is 13.6. The molecule has 0 atom stereocenters. The standard InChI is InChI=1S/C20H23FN4OS2/c1-13-18(12-25-7-9-27-10-8-25)28-19(23-13)6-4-16-14(2)26-24-20(16)17-5-3-15(21)11-22-17/h3,5,11H,4,6-10,12H2,1-2H3. The van der Waals surface area contributed by atoms with E-state index in [0.29, 0.717) is 11.4 Å². The van der Waals surface area contributed by atoms with Crippen molar-refractivity contribution in [3.05, 3.63) is 51.0 Å². The fraction of sp³-hybridized carbons (Fsp3) is 0.450. The summed E-state index contributed by atoms with van der Waals surface area (Å²) in [5.41, 5.74) is 3.48. The summed E-state index contributed by atoms with van der Waals surface area (Å²) in [6, 6.07) is 3.03. The zero-order valence-electron chi connectivity index (χ0n) is 16.1. The van der Waals surface area contributed by atoms with Gasteiger partial charge in [0.05, 0.1) is 22.6 Å². The molecule has 0 saturated carbocycles. The quantitative estimate of drug-likeness (QED) is 0.595. The van der Waals surface area contributed by atoms with Gasteiger partial charge >= 0.3 is 0 Å². The van der Waals surface area contributed by atoms with Gasteiger partial charge in [-0.1, -0.05) is 5.16 Å². The van der Waals surface area contributed by atoms with Crippen molar-refractivity contribution >= 4 is 23.1 Å². The number of rotatable bonds is 6. The summed E-state index contributed by atoms with van der Waals surface area (Å²) in [6.45, 7) is 7.33. The molecule has 5 nitrogen and oxygen atoms in total. The molecule has 1 saturated heterocycles. The highest BCUT2D eigenvalue weighted by Crippen LogP contribution is 2.27. The van der Waals surface area contributed by atoms with Crippen molar-refractivity contribution in [3.8, 4) is 11.4 Å². The van der Waals surface area contributed by atoms with E-state index in [0.717, 1.165) is 54.5 Å². The van der Waals surface area contributed by atoms with Crippen molar-refractivity contribution in [2.75, 3.05) is 24.6 Å². The summed E-state index contributed by atoms with van der Waals surface area (Å²) in [7, 11) is 0. The zero-order valence-corrected chi connectivity index (χ0v) is 17.7. The second-order valence-corrected chi connectivity index (χ2v) is 9.33. The van der Waals surface area contributed by atoms with Gasteiger partial charge in [-0.25, -0.2) is 9.37 Å². The molecule has 0 unspecified atom stereocenters. The number of thioether (sulfide) groups is 1. The van der Waals surface area contributed by atoms with Crippen LogP contribution in [0.4, 0.5) is 4.39 Å². The Hall–Kier alpha value is -1.77. The molecular formula is C20H23FN4OS2. The highest BCUT2D eigenvalue weighted by atomic mass is 32.2. The molecular weight excluding hydrogens is 395 g/mol. The van der Waals surface area contributed by atoms with Crippen LogP contribution in [-0.4, -0.2) is 44.6 Å². The smallest absolute Gasteiger partial charge is 0.141 e. The van der Waals surface area contributed by atoms with Gasteiger partial charge in [-0.3, -0.25) is 9.88 Å². The number of aromatic nitrogens is 3. The van der Waals surface area contributed by atoms with E-state index in [-0.39, 0.29) is 5.82 Å². The Bertz CT molecular complexity index is 932. The average Bonchev–Trinajstić information content (AvgIpc) is 3.24. The molecule has 0 radical (unpaired) electrons. The van der Waals surface area contributed by atoms with Gasteiger partial charge < -0.3 is 4.52 Å². The summed E-state index contributed by atoms with van der Waals surface area (Å²) in [4.78, 5) is 12.8. The number of halogens is 1. The largest absolute Gasteiger partial charge is 0.361 e. The first-order valence-electron chi connectivity index (χ1n) is 9.42. The minimum Gasteiger partial charge on any atom is -0.361 e. The minimum absolute atomic E-state index is 0.358. The third-order valence-corrected chi connectivity index (χ3v) is 7.10. The third kappa shape index (κ3) is 4.45. The van der Waals surface area contributed by atoms with E-state index >= 15 is 0 Å². The molecule has 28 heavy (non-hydrogen) atoms. The van der Waals surface area contributed by atoms with Gasteiger partial charge in [-0.15, -0.1) is 11.3 Å².